The number of nitrogens with zero attached hydrogens (tertiary/aromatic N) is 4. The van der Waals surface area contributed by atoms with Gasteiger partial charge in [-0.3, -0.25) is 9.89 Å². The van der Waals surface area contributed by atoms with E-state index in [1.165, 1.54) is 12.4 Å². The van der Waals surface area contributed by atoms with Crippen LogP contribution in [-0.2, 0) is 10.0 Å². The second-order valence-electron chi connectivity index (χ2n) is 4.75. The summed E-state index contributed by atoms with van der Waals surface area (Å²) in [6, 6.07) is 5.34. The summed E-state index contributed by atoms with van der Waals surface area (Å²) in [7, 11) is -4.07. The van der Waals surface area contributed by atoms with Crippen molar-refractivity contribution in [1.29, 1.82) is 0 Å². The van der Waals surface area contributed by atoms with Crippen LogP contribution in [-0.4, -0.2) is 43.7 Å². The fourth-order valence-corrected chi connectivity index (χ4v) is 2.99. The molecule has 0 saturated carbocycles. The zero-order chi connectivity index (χ0) is 18.0. The van der Waals surface area contributed by atoms with Crippen molar-refractivity contribution in [2.24, 2.45) is 0 Å². The van der Waals surface area contributed by atoms with Gasteiger partial charge in [0.2, 0.25) is 11.6 Å². The van der Waals surface area contributed by atoms with E-state index >= 15 is 0 Å². The Bertz CT molecular complexity index is 1040. The maximum Gasteiger partial charge on any atom is 0.282 e. The monoisotopic (exact) mass is 363 g/mol. The molecule has 0 fully saturated rings. The lowest BCUT2D eigenvalue weighted by Crippen LogP contribution is -2.14. The fourth-order valence-electron chi connectivity index (χ4n) is 1.88. The second kappa shape index (κ2) is 6.28. The first kappa shape index (κ1) is 16.5. The molecule has 0 aliphatic heterocycles. The number of allylic oxidation sites excluding steroid dienone is 1. The van der Waals surface area contributed by atoms with Gasteiger partial charge in [0.05, 0.1) is 4.90 Å². The maximum absolute atomic E-state index is 12.9. The van der Waals surface area contributed by atoms with Gasteiger partial charge in [-0.25, -0.2) is 9.37 Å². The molecule has 25 heavy (non-hydrogen) atoms. The Kier molecular flexibility index (Phi) is 4.15. The Hall–Kier alpha value is -3.34. The number of aliphatic hydroxyl groups is 1. The minimum atomic E-state index is -4.07. The summed E-state index contributed by atoms with van der Waals surface area (Å²) < 4.78 is 38.2. The number of H-pyrrole nitrogens is 1. The van der Waals surface area contributed by atoms with E-state index in [0.717, 1.165) is 36.5 Å². The number of halogens is 1. The molecule has 0 unspecified atom stereocenters. The molecule has 1 aromatic carbocycles. The number of aliphatic hydroxyl groups excluding tert-OH is 1. The Labute approximate surface area is 140 Å². The third kappa shape index (κ3) is 3.30. The second-order valence-corrected chi connectivity index (χ2v) is 6.54. The van der Waals surface area contributed by atoms with Crippen LogP contribution in [0, 0.1) is 5.82 Å². The Balaban J connectivity index is 1.88. The lowest BCUT2D eigenvalue weighted by atomic mass is 10.2. The van der Waals surface area contributed by atoms with Gasteiger partial charge >= 0.3 is 0 Å². The van der Waals surface area contributed by atoms with Crippen molar-refractivity contribution in [2.45, 2.75) is 4.90 Å². The summed E-state index contributed by atoms with van der Waals surface area (Å²) in [5.41, 5.74) is -0.215. The summed E-state index contributed by atoms with van der Waals surface area (Å²) in [4.78, 5) is 15.5. The van der Waals surface area contributed by atoms with Crippen LogP contribution in [0.15, 0.2) is 53.8 Å². The highest BCUT2D eigenvalue weighted by Gasteiger charge is 2.20. The average molecular weight is 363 g/mol. The lowest BCUT2D eigenvalue weighted by Gasteiger charge is -2.03. The van der Waals surface area contributed by atoms with Crippen molar-refractivity contribution in [3.05, 3.63) is 66.3 Å². The minimum Gasteiger partial charge on any atom is -0.504 e. The van der Waals surface area contributed by atoms with Crippen molar-refractivity contribution < 1.29 is 22.7 Å². The third-order valence-corrected chi connectivity index (χ3v) is 4.65. The number of carbonyl (C=O) groups excluding carboxylic acids is 1. The van der Waals surface area contributed by atoms with Gasteiger partial charge < -0.3 is 5.11 Å². The van der Waals surface area contributed by atoms with Gasteiger partial charge in [-0.1, -0.05) is 0 Å². The minimum absolute atomic E-state index is 0.0910. The van der Waals surface area contributed by atoms with E-state index in [9.17, 15) is 22.7 Å². The van der Waals surface area contributed by atoms with Crippen LogP contribution in [0.2, 0.25) is 0 Å². The molecule has 2 heterocycles. The fraction of sp³-hybridized carbons (Fsp3) is 0. The first-order chi connectivity index (χ1) is 11.9. The van der Waals surface area contributed by atoms with E-state index in [-0.39, 0.29) is 16.4 Å². The van der Waals surface area contributed by atoms with Crippen molar-refractivity contribution in [2.75, 3.05) is 0 Å². The summed E-state index contributed by atoms with van der Waals surface area (Å²) in [5, 5.41) is 19.4. The van der Waals surface area contributed by atoms with Crippen molar-refractivity contribution >= 4 is 21.6 Å². The number of benzene rings is 1. The summed E-state index contributed by atoms with van der Waals surface area (Å²) in [6.07, 6.45) is 3.11. The third-order valence-electron chi connectivity index (χ3n) is 3.09. The molecule has 128 valence electrons. The van der Waals surface area contributed by atoms with Gasteiger partial charge in [-0.15, -0.1) is 0 Å². The molecule has 3 aromatic rings. The van der Waals surface area contributed by atoms with Crippen LogP contribution < -0.4 is 0 Å². The quantitative estimate of drug-likeness (QED) is 0.395. The molecule has 0 saturated heterocycles. The number of hydrogen-bond donors (Lipinski definition) is 2. The molecule has 0 bridgehead atoms. The van der Waals surface area contributed by atoms with Crippen LogP contribution in [0.25, 0.3) is 5.76 Å². The van der Waals surface area contributed by atoms with Crippen LogP contribution in [0.4, 0.5) is 4.39 Å². The number of aromatic nitrogens is 5. The van der Waals surface area contributed by atoms with E-state index in [1.54, 1.807) is 0 Å². The largest absolute Gasteiger partial charge is 0.504 e. The number of rotatable bonds is 5. The Morgan fingerprint density at radius 1 is 1.24 bits per heavy atom. The van der Waals surface area contributed by atoms with Crippen LogP contribution in [0.5, 0.6) is 0 Å². The maximum atomic E-state index is 12.9. The average Bonchev–Trinajstić information content (AvgIpc) is 3.27. The molecule has 0 amide bonds. The smallest absolute Gasteiger partial charge is 0.282 e. The van der Waals surface area contributed by atoms with Crippen LogP contribution >= 0.6 is 0 Å². The first-order valence-corrected chi connectivity index (χ1v) is 8.20. The molecule has 0 atom stereocenters. The predicted octanol–water partition coefficient (Wildman–Crippen LogP) is 1.16. The highest BCUT2D eigenvalue weighted by Crippen LogP contribution is 2.14. The normalized spacial score (nSPS) is 12.3. The molecule has 0 aliphatic carbocycles. The topological polar surface area (TPSA) is 131 Å². The van der Waals surface area contributed by atoms with Crippen molar-refractivity contribution in [1.82, 2.24) is 24.4 Å². The molecular formula is C14H10FN5O4S. The number of hydrogen-bond acceptors (Lipinski definition) is 7. The van der Waals surface area contributed by atoms with Crippen molar-refractivity contribution in [3.63, 3.8) is 0 Å². The number of aromatic amines is 1. The SMILES string of the molecule is O=C(C=C(O)c1nc[nH]n1)c1ccn(S(=O)(=O)c2ccc(F)cc2)n1. The van der Waals surface area contributed by atoms with Gasteiger partial charge in [-0.2, -0.15) is 22.7 Å². The molecule has 11 heteroatoms. The standard InChI is InChI=1S/C14H10FN5O4S/c15-9-1-3-10(4-2-9)25(23,24)20-6-5-11(19-20)12(21)7-13(22)14-16-8-17-18-14/h1-8,22H,(H,16,17,18). The molecule has 9 nitrogen and oxygen atoms in total. The van der Waals surface area contributed by atoms with E-state index in [1.807, 2.05) is 0 Å². The summed E-state index contributed by atoms with van der Waals surface area (Å²) >= 11 is 0. The zero-order valence-electron chi connectivity index (χ0n) is 12.4. The van der Waals surface area contributed by atoms with Gasteiger partial charge in [0.15, 0.2) is 5.76 Å². The van der Waals surface area contributed by atoms with Crippen LogP contribution in [0.3, 0.4) is 0 Å². The molecule has 0 radical (unpaired) electrons. The van der Waals surface area contributed by atoms with E-state index in [0.29, 0.717) is 4.09 Å². The lowest BCUT2D eigenvalue weighted by molar-refractivity contribution is 0.104. The molecular weight excluding hydrogens is 353 g/mol. The molecule has 2 aromatic heterocycles. The highest BCUT2D eigenvalue weighted by molar-refractivity contribution is 7.89. The van der Waals surface area contributed by atoms with E-state index < -0.39 is 27.4 Å². The number of ketones is 1. The first-order valence-electron chi connectivity index (χ1n) is 6.76. The van der Waals surface area contributed by atoms with Crippen LogP contribution in [0.1, 0.15) is 16.3 Å². The Morgan fingerprint density at radius 3 is 2.60 bits per heavy atom. The molecule has 2 N–H and O–H groups in total. The molecule has 0 aliphatic rings. The predicted molar refractivity (Wildman–Crippen MR) is 82.5 cm³/mol. The van der Waals surface area contributed by atoms with Crippen molar-refractivity contribution in [3.8, 4) is 0 Å². The van der Waals surface area contributed by atoms with E-state index in [2.05, 4.69) is 20.3 Å². The highest BCUT2D eigenvalue weighted by atomic mass is 32.2. The van der Waals surface area contributed by atoms with Gasteiger partial charge in [0.25, 0.3) is 10.0 Å². The zero-order valence-corrected chi connectivity index (χ0v) is 13.2. The summed E-state index contributed by atoms with van der Waals surface area (Å²) in [6.45, 7) is 0. The van der Waals surface area contributed by atoms with E-state index in [4.69, 9.17) is 0 Å². The van der Waals surface area contributed by atoms with Gasteiger partial charge in [0, 0.05) is 12.3 Å². The Morgan fingerprint density at radius 2 is 1.96 bits per heavy atom. The van der Waals surface area contributed by atoms with Gasteiger partial charge in [-0.05, 0) is 30.3 Å². The number of nitrogens with one attached hydrogen (secondary N) is 1. The van der Waals surface area contributed by atoms with Gasteiger partial charge in [0.1, 0.15) is 17.8 Å². The number of carbonyl (C=O) groups is 1. The molecule has 3 rings (SSSR count). The summed E-state index contributed by atoms with van der Waals surface area (Å²) in [5.74, 6) is -1.91. The molecule has 0 spiro atoms.